The lowest BCUT2D eigenvalue weighted by Gasteiger charge is -2.25. The maximum absolute atomic E-state index is 13.3. The predicted octanol–water partition coefficient (Wildman–Crippen LogP) is 3.59. The van der Waals surface area contributed by atoms with Crippen molar-refractivity contribution in [2.45, 2.75) is 60.9 Å². The number of hydrogen-bond acceptors (Lipinski definition) is 6. The second-order valence-electron chi connectivity index (χ2n) is 8.85. The summed E-state index contributed by atoms with van der Waals surface area (Å²) in [4.78, 5) is 40.8. The van der Waals surface area contributed by atoms with Crippen molar-refractivity contribution in [2.75, 3.05) is 20.2 Å². The highest BCUT2D eigenvalue weighted by molar-refractivity contribution is 5.97. The highest BCUT2D eigenvalue weighted by Crippen LogP contribution is 2.19. The Morgan fingerprint density at radius 3 is 2.13 bits per heavy atom. The number of nitrogens with zero attached hydrogens (tertiary/aromatic N) is 5. The molecule has 0 bridgehead atoms. The molecule has 0 atom stereocenters. The van der Waals surface area contributed by atoms with E-state index < -0.39 is 0 Å². The Morgan fingerprint density at radius 2 is 1.63 bits per heavy atom. The molecule has 2 aromatic rings. The molecular formula is C22H35N5O3. The Labute approximate surface area is 179 Å². The molecule has 0 spiro atoms. The molecule has 1 amide bonds. The molecule has 8 nitrogen and oxygen atoms in total. The van der Waals surface area contributed by atoms with Gasteiger partial charge in [0.1, 0.15) is 12.1 Å². The van der Waals surface area contributed by atoms with Gasteiger partial charge in [0, 0.05) is 19.0 Å². The minimum absolute atomic E-state index is 0.0145. The largest absolute Gasteiger partial charge is 0.467 e. The number of amides is 1. The molecule has 0 saturated carbocycles. The zero-order chi connectivity index (χ0) is 22.4. The van der Waals surface area contributed by atoms with E-state index in [0.29, 0.717) is 36.1 Å². The van der Waals surface area contributed by atoms with E-state index in [0.717, 1.165) is 12.8 Å². The first-order valence-electron chi connectivity index (χ1n) is 10.7. The fourth-order valence-electron chi connectivity index (χ4n) is 3.02. The minimum atomic E-state index is -0.247. The van der Waals surface area contributed by atoms with Crippen molar-refractivity contribution in [1.82, 2.24) is 24.4 Å². The number of hydrogen-bond donors (Lipinski definition) is 0. The number of imidazole rings is 1. The quantitative estimate of drug-likeness (QED) is 0.519. The molecule has 0 aliphatic heterocycles. The number of methoxy groups -OCH3 is 1. The molecule has 8 heteroatoms. The van der Waals surface area contributed by atoms with Gasteiger partial charge in [-0.25, -0.2) is 9.97 Å². The fourth-order valence-corrected chi connectivity index (χ4v) is 3.02. The van der Waals surface area contributed by atoms with E-state index in [1.807, 2.05) is 18.7 Å². The van der Waals surface area contributed by atoms with Crippen molar-refractivity contribution in [3.05, 3.63) is 12.0 Å². The molecule has 2 heterocycles. The normalized spacial score (nSPS) is 11.7. The lowest BCUT2D eigenvalue weighted by molar-refractivity contribution is -0.132. The van der Waals surface area contributed by atoms with Crippen molar-refractivity contribution >= 4 is 22.9 Å². The van der Waals surface area contributed by atoms with Crippen LogP contribution in [0, 0.1) is 17.8 Å². The van der Waals surface area contributed by atoms with Gasteiger partial charge in [-0.15, -0.1) is 0 Å². The lowest BCUT2D eigenvalue weighted by atomic mass is 10.1. The Hall–Kier alpha value is -2.51. The van der Waals surface area contributed by atoms with Crippen LogP contribution in [0.1, 0.15) is 65.0 Å². The molecule has 0 aliphatic carbocycles. The zero-order valence-corrected chi connectivity index (χ0v) is 19.3. The van der Waals surface area contributed by atoms with Crippen LogP contribution in [-0.4, -0.2) is 56.3 Å². The number of Topliss-reactive ketones (excluding diaryl/α,β-unsaturated/α-hetero) is 1. The summed E-state index contributed by atoms with van der Waals surface area (Å²) in [6.07, 6.45) is 3.39. The fraction of sp³-hybridized carbons (Fsp3) is 0.682. The summed E-state index contributed by atoms with van der Waals surface area (Å²) < 4.78 is 6.75. The van der Waals surface area contributed by atoms with Crippen molar-refractivity contribution in [2.24, 2.45) is 17.8 Å². The van der Waals surface area contributed by atoms with Gasteiger partial charge in [-0.05, 0) is 24.7 Å². The van der Waals surface area contributed by atoms with Gasteiger partial charge in [0.25, 0.3) is 0 Å². The van der Waals surface area contributed by atoms with Crippen LogP contribution < -0.4 is 4.74 Å². The summed E-state index contributed by atoms with van der Waals surface area (Å²) in [7, 11) is 1.48. The van der Waals surface area contributed by atoms with E-state index in [4.69, 9.17) is 4.74 Å². The molecule has 0 N–H and O–H groups in total. The summed E-state index contributed by atoms with van der Waals surface area (Å²) in [6, 6.07) is 0.177. The molecule has 2 aromatic heterocycles. The van der Waals surface area contributed by atoms with Crippen LogP contribution in [0.3, 0.4) is 0 Å². The Balaban J connectivity index is 2.40. The number of ether oxygens (including phenoxy) is 1. The second-order valence-corrected chi connectivity index (χ2v) is 8.85. The molecule has 0 saturated heterocycles. The van der Waals surface area contributed by atoms with Gasteiger partial charge in [-0.3, -0.25) is 14.2 Å². The van der Waals surface area contributed by atoms with Gasteiger partial charge in [0.2, 0.25) is 11.7 Å². The van der Waals surface area contributed by atoms with Crippen molar-refractivity contribution in [3.63, 3.8) is 0 Å². The summed E-state index contributed by atoms with van der Waals surface area (Å²) in [5, 5.41) is 0. The summed E-state index contributed by atoms with van der Waals surface area (Å²) >= 11 is 0. The molecular weight excluding hydrogens is 382 g/mol. The highest BCUT2D eigenvalue weighted by atomic mass is 16.5. The molecule has 0 aliphatic rings. The van der Waals surface area contributed by atoms with Crippen molar-refractivity contribution < 1.29 is 14.3 Å². The van der Waals surface area contributed by atoms with Crippen molar-refractivity contribution in [3.8, 4) is 6.01 Å². The second kappa shape index (κ2) is 10.5. The number of ketones is 1. The molecule has 0 fully saturated rings. The van der Waals surface area contributed by atoms with Crippen LogP contribution >= 0.6 is 0 Å². The zero-order valence-electron chi connectivity index (χ0n) is 19.3. The van der Waals surface area contributed by atoms with Crippen LogP contribution in [0.4, 0.5) is 0 Å². The van der Waals surface area contributed by atoms with Crippen molar-refractivity contribution in [1.29, 1.82) is 0 Å². The summed E-state index contributed by atoms with van der Waals surface area (Å²) in [6.45, 7) is 13.6. The van der Waals surface area contributed by atoms with Crippen LogP contribution in [0.5, 0.6) is 6.01 Å². The van der Waals surface area contributed by atoms with Crippen LogP contribution in [0.25, 0.3) is 11.2 Å². The number of carbonyl (C=O) groups excluding carboxylic acids is 2. The first-order chi connectivity index (χ1) is 14.1. The standard InChI is InChI=1S/C22H35N5O3/c1-14(2)8-10-26(11-9-15(3)4)18(28)13-27-20-17(12-23-22(25-20)30-7)24-21(27)19(29)16(5)6/h12,14-16H,8-11,13H2,1-7H3. The van der Waals surface area contributed by atoms with Gasteiger partial charge in [0.15, 0.2) is 11.5 Å². The van der Waals surface area contributed by atoms with E-state index in [-0.39, 0.29) is 36.0 Å². The third kappa shape index (κ3) is 6.00. The van der Waals surface area contributed by atoms with Gasteiger partial charge in [0.05, 0.1) is 13.3 Å². The van der Waals surface area contributed by atoms with E-state index in [2.05, 4.69) is 42.6 Å². The number of aromatic nitrogens is 4. The Bertz CT molecular complexity index is 861. The topological polar surface area (TPSA) is 90.2 Å². The Morgan fingerprint density at radius 1 is 1.03 bits per heavy atom. The smallest absolute Gasteiger partial charge is 0.318 e. The number of fused-ring (bicyclic) bond motifs is 1. The van der Waals surface area contributed by atoms with E-state index in [1.54, 1.807) is 4.57 Å². The van der Waals surface area contributed by atoms with E-state index in [9.17, 15) is 9.59 Å². The molecule has 0 unspecified atom stereocenters. The first-order valence-corrected chi connectivity index (χ1v) is 10.7. The SMILES string of the molecule is COc1ncc2nc(C(=O)C(C)C)n(CC(=O)N(CCC(C)C)CCC(C)C)c2n1. The highest BCUT2D eigenvalue weighted by Gasteiger charge is 2.25. The van der Waals surface area contributed by atoms with Gasteiger partial charge < -0.3 is 9.64 Å². The molecule has 0 radical (unpaired) electrons. The monoisotopic (exact) mass is 417 g/mol. The summed E-state index contributed by atoms with van der Waals surface area (Å²) in [5.74, 6) is 0.834. The molecule has 0 aromatic carbocycles. The van der Waals surface area contributed by atoms with Gasteiger partial charge in [-0.2, -0.15) is 4.98 Å². The third-order valence-electron chi connectivity index (χ3n) is 4.99. The lowest BCUT2D eigenvalue weighted by Crippen LogP contribution is -2.37. The number of carbonyl (C=O) groups is 2. The molecule has 2 rings (SSSR count). The number of rotatable bonds is 11. The maximum atomic E-state index is 13.3. The summed E-state index contributed by atoms with van der Waals surface area (Å²) in [5.41, 5.74) is 0.912. The van der Waals surface area contributed by atoms with Gasteiger partial charge >= 0.3 is 6.01 Å². The predicted molar refractivity (Wildman–Crippen MR) is 117 cm³/mol. The van der Waals surface area contributed by atoms with Crippen LogP contribution in [0.2, 0.25) is 0 Å². The minimum Gasteiger partial charge on any atom is -0.467 e. The van der Waals surface area contributed by atoms with Gasteiger partial charge in [-0.1, -0.05) is 41.5 Å². The first kappa shape index (κ1) is 23.8. The Kier molecular flexibility index (Phi) is 8.32. The average Bonchev–Trinajstić information content (AvgIpc) is 3.04. The molecule has 166 valence electrons. The molecule has 30 heavy (non-hydrogen) atoms. The van der Waals surface area contributed by atoms with Crippen LogP contribution in [-0.2, 0) is 11.3 Å². The third-order valence-corrected chi connectivity index (χ3v) is 4.99. The maximum Gasteiger partial charge on any atom is 0.318 e. The van der Waals surface area contributed by atoms with Crippen LogP contribution in [0.15, 0.2) is 6.20 Å². The van der Waals surface area contributed by atoms with E-state index >= 15 is 0 Å². The average molecular weight is 418 g/mol. The van der Waals surface area contributed by atoms with E-state index in [1.165, 1.54) is 13.3 Å².